The Kier molecular flexibility index (Phi) is 3.60. The fraction of sp³-hybridized carbons (Fsp3) is 0.100. The van der Waals surface area contributed by atoms with Crippen molar-refractivity contribution in [1.82, 2.24) is 0 Å². The molecule has 0 amide bonds. The van der Waals surface area contributed by atoms with Crippen LogP contribution in [0.2, 0.25) is 0 Å². The third-order valence-electron chi connectivity index (χ3n) is 1.81. The first kappa shape index (κ1) is 11.7. The number of nitrogens with zero attached hydrogens (tertiary/aromatic N) is 1. The lowest BCUT2D eigenvalue weighted by molar-refractivity contribution is -0.400. The summed E-state index contributed by atoms with van der Waals surface area (Å²) in [6.07, 6.45) is 1.96. The lowest BCUT2D eigenvalue weighted by atomic mass is 10.1. The van der Waals surface area contributed by atoms with Crippen LogP contribution in [-0.4, -0.2) is 23.1 Å². The number of phenolic OH excluding ortho intramolecular Hbond substituents is 1. The third-order valence-corrected chi connectivity index (χ3v) is 1.81. The Morgan fingerprint density at radius 1 is 1.56 bits per heavy atom. The number of aromatic hydroxyl groups is 1. The van der Waals surface area contributed by atoms with Gasteiger partial charge in [-0.3, -0.25) is 10.1 Å². The summed E-state index contributed by atoms with van der Waals surface area (Å²) in [4.78, 5) is 20.7. The molecule has 0 saturated carbocycles. The largest absolute Gasteiger partial charge is 0.507 e. The molecule has 84 valence electrons. The van der Waals surface area contributed by atoms with Gasteiger partial charge in [-0.05, 0) is 17.7 Å². The second kappa shape index (κ2) is 4.92. The van der Waals surface area contributed by atoms with Gasteiger partial charge in [0.05, 0.1) is 12.0 Å². The molecule has 0 saturated heterocycles. The molecule has 1 rings (SSSR count). The smallest absolute Gasteiger partial charge is 0.341 e. The van der Waals surface area contributed by atoms with E-state index in [-0.39, 0.29) is 11.3 Å². The number of hydrogen-bond donors (Lipinski definition) is 1. The maximum absolute atomic E-state index is 11.2. The Labute approximate surface area is 90.9 Å². The minimum absolute atomic E-state index is 0.0343. The zero-order valence-corrected chi connectivity index (χ0v) is 8.41. The van der Waals surface area contributed by atoms with E-state index in [4.69, 9.17) is 0 Å². The summed E-state index contributed by atoms with van der Waals surface area (Å²) in [5, 5.41) is 19.4. The standard InChI is InChI=1S/C10H9NO5/c1-16-10(13)8-6-7(2-3-9(8)12)4-5-11(14)15/h2-6,12H,1H3/b5-4+. The second-order valence-corrected chi connectivity index (χ2v) is 2.87. The normalized spacial score (nSPS) is 10.3. The fourth-order valence-electron chi connectivity index (χ4n) is 1.08. The predicted molar refractivity (Wildman–Crippen MR) is 55.5 cm³/mol. The Morgan fingerprint density at radius 3 is 2.81 bits per heavy atom. The number of rotatable bonds is 3. The summed E-state index contributed by atoms with van der Waals surface area (Å²) in [7, 11) is 1.18. The van der Waals surface area contributed by atoms with Gasteiger partial charge in [0.2, 0.25) is 6.20 Å². The minimum Gasteiger partial charge on any atom is -0.507 e. The lowest BCUT2D eigenvalue weighted by Gasteiger charge is -2.02. The van der Waals surface area contributed by atoms with E-state index in [1.807, 2.05) is 0 Å². The van der Waals surface area contributed by atoms with Crippen LogP contribution in [0.25, 0.3) is 6.08 Å². The molecule has 0 radical (unpaired) electrons. The quantitative estimate of drug-likeness (QED) is 0.475. The van der Waals surface area contributed by atoms with Crippen LogP contribution in [0.1, 0.15) is 15.9 Å². The zero-order valence-electron chi connectivity index (χ0n) is 8.41. The summed E-state index contributed by atoms with van der Waals surface area (Å²) in [6.45, 7) is 0. The molecular weight excluding hydrogens is 214 g/mol. The van der Waals surface area contributed by atoms with Crippen molar-refractivity contribution in [2.45, 2.75) is 0 Å². The molecule has 0 aliphatic rings. The number of carbonyl (C=O) groups excluding carboxylic acids is 1. The molecule has 0 unspecified atom stereocenters. The van der Waals surface area contributed by atoms with E-state index in [2.05, 4.69) is 4.74 Å². The van der Waals surface area contributed by atoms with E-state index in [0.29, 0.717) is 5.56 Å². The van der Waals surface area contributed by atoms with Gasteiger partial charge in [-0.15, -0.1) is 0 Å². The number of hydrogen-bond acceptors (Lipinski definition) is 5. The number of methoxy groups -OCH3 is 1. The minimum atomic E-state index is -0.700. The Bertz CT molecular complexity index is 453. The van der Waals surface area contributed by atoms with E-state index in [1.54, 1.807) is 0 Å². The molecule has 0 aliphatic carbocycles. The van der Waals surface area contributed by atoms with Gasteiger partial charge >= 0.3 is 5.97 Å². The van der Waals surface area contributed by atoms with E-state index in [1.165, 1.54) is 31.4 Å². The van der Waals surface area contributed by atoms with Crippen molar-refractivity contribution in [2.24, 2.45) is 0 Å². The fourth-order valence-corrected chi connectivity index (χ4v) is 1.08. The van der Waals surface area contributed by atoms with Crippen LogP contribution in [-0.2, 0) is 4.74 Å². The number of nitro groups is 1. The molecule has 1 N–H and O–H groups in total. The molecule has 0 aliphatic heterocycles. The topological polar surface area (TPSA) is 89.7 Å². The number of carbonyl (C=O) groups is 1. The summed E-state index contributed by atoms with van der Waals surface area (Å²) in [6, 6.07) is 4.02. The molecule has 0 bridgehead atoms. The van der Waals surface area contributed by atoms with Crippen LogP contribution in [0.15, 0.2) is 24.4 Å². The molecule has 0 spiro atoms. The van der Waals surface area contributed by atoms with Gasteiger partial charge in [-0.25, -0.2) is 4.79 Å². The van der Waals surface area contributed by atoms with Gasteiger partial charge in [0.15, 0.2) is 0 Å². The number of ether oxygens (including phenoxy) is 1. The molecule has 6 nitrogen and oxygen atoms in total. The molecule has 6 heteroatoms. The molecule has 0 heterocycles. The van der Waals surface area contributed by atoms with E-state index < -0.39 is 10.9 Å². The highest BCUT2D eigenvalue weighted by molar-refractivity contribution is 5.93. The van der Waals surface area contributed by atoms with Crippen LogP contribution < -0.4 is 0 Å². The average Bonchev–Trinajstić information content (AvgIpc) is 2.27. The Morgan fingerprint density at radius 2 is 2.25 bits per heavy atom. The van der Waals surface area contributed by atoms with Crippen molar-refractivity contribution < 1.29 is 19.6 Å². The van der Waals surface area contributed by atoms with E-state index in [9.17, 15) is 20.0 Å². The summed E-state index contributed by atoms with van der Waals surface area (Å²) in [5.74, 6) is -0.932. The highest BCUT2D eigenvalue weighted by Crippen LogP contribution is 2.20. The monoisotopic (exact) mass is 223 g/mol. The number of esters is 1. The maximum atomic E-state index is 11.2. The van der Waals surface area contributed by atoms with Gasteiger partial charge in [-0.2, -0.15) is 0 Å². The predicted octanol–water partition coefficient (Wildman–Crippen LogP) is 1.43. The Balaban J connectivity index is 3.07. The van der Waals surface area contributed by atoms with Crippen molar-refractivity contribution in [3.05, 3.63) is 45.6 Å². The summed E-state index contributed by atoms with van der Waals surface area (Å²) in [5.41, 5.74) is 0.392. The maximum Gasteiger partial charge on any atom is 0.341 e. The molecule has 1 aromatic carbocycles. The lowest BCUT2D eigenvalue weighted by Crippen LogP contribution is -2.01. The SMILES string of the molecule is COC(=O)c1cc(/C=C/[N+](=O)[O-])ccc1O. The molecule has 1 aromatic rings. The van der Waals surface area contributed by atoms with Gasteiger partial charge in [0.25, 0.3) is 0 Å². The van der Waals surface area contributed by atoms with Crippen molar-refractivity contribution in [2.75, 3.05) is 7.11 Å². The van der Waals surface area contributed by atoms with Crippen molar-refractivity contribution >= 4 is 12.0 Å². The molecular formula is C10H9NO5. The van der Waals surface area contributed by atoms with E-state index in [0.717, 1.165) is 6.20 Å². The molecule has 0 atom stereocenters. The highest BCUT2D eigenvalue weighted by atomic mass is 16.6. The van der Waals surface area contributed by atoms with Crippen LogP contribution in [0.4, 0.5) is 0 Å². The van der Waals surface area contributed by atoms with Crippen molar-refractivity contribution in [1.29, 1.82) is 0 Å². The van der Waals surface area contributed by atoms with Crippen LogP contribution in [0.3, 0.4) is 0 Å². The third kappa shape index (κ3) is 2.81. The van der Waals surface area contributed by atoms with Crippen LogP contribution >= 0.6 is 0 Å². The highest BCUT2D eigenvalue weighted by Gasteiger charge is 2.11. The van der Waals surface area contributed by atoms with Gasteiger partial charge in [0, 0.05) is 6.08 Å². The van der Waals surface area contributed by atoms with Crippen LogP contribution in [0, 0.1) is 10.1 Å². The summed E-state index contributed by atoms with van der Waals surface area (Å²) >= 11 is 0. The van der Waals surface area contributed by atoms with Gasteiger partial charge < -0.3 is 9.84 Å². The first-order chi connectivity index (χ1) is 7.54. The Hall–Kier alpha value is -2.37. The molecule has 16 heavy (non-hydrogen) atoms. The number of benzene rings is 1. The number of phenols is 1. The average molecular weight is 223 g/mol. The second-order valence-electron chi connectivity index (χ2n) is 2.87. The molecule has 0 aromatic heterocycles. The zero-order chi connectivity index (χ0) is 12.1. The van der Waals surface area contributed by atoms with Crippen molar-refractivity contribution in [3.8, 4) is 5.75 Å². The van der Waals surface area contributed by atoms with Crippen molar-refractivity contribution in [3.63, 3.8) is 0 Å². The first-order valence-corrected chi connectivity index (χ1v) is 4.27. The van der Waals surface area contributed by atoms with Gasteiger partial charge in [0.1, 0.15) is 11.3 Å². The summed E-state index contributed by atoms with van der Waals surface area (Å²) < 4.78 is 4.44. The van der Waals surface area contributed by atoms with Gasteiger partial charge in [-0.1, -0.05) is 6.07 Å². The first-order valence-electron chi connectivity index (χ1n) is 4.27. The van der Waals surface area contributed by atoms with E-state index >= 15 is 0 Å². The van der Waals surface area contributed by atoms with Crippen LogP contribution in [0.5, 0.6) is 5.75 Å². The molecule has 0 fully saturated rings.